The zero-order valence-corrected chi connectivity index (χ0v) is 9.23. The molecule has 1 aromatic heterocycles. The van der Waals surface area contributed by atoms with E-state index in [9.17, 15) is 18.0 Å². The number of alkyl halides is 3. The minimum Gasteiger partial charge on any atom is -0.406 e. The van der Waals surface area contributed by atoms with Crippen molar-refractivity contribution in [2.75, 3.05) is 5.32 Å². The molecule has 0 fully saturated rings. The van der Waals surface area contributed by atoms with Gasteiger partial charge >= 0.3 is 6.36 Å². The largest absolute Gasteiger partial charge is 0.573 e. The number of amides is 1. The average Bonchev–Trinajstić information content (AvgIpc) is 2.80. The Hall–Kier alpha value is -2.58. The molecule has 2 rings (SSSR count). The van der Waals surface area contributed by atoms with Gasteiger partial charge in [-0.1, -0.05) is 6.07 Å². The number of benzene rings is 1. The number of carbonyl (C=O) groups is 1. The molecule has 0 atom stereocenters. The van der Waals surface area contributed by atoms with Gasteiger partial charge in [-0.3, -0.25) is 9.89 Å². The molecule has 2 N–H and O–H groups in total. The van der Waals surface area contributed by atoms with Gasteiger partial charge in [-0.25, -0.2) is 4.98 Å². The Labute approximate surface area is 104 Å². The summed E-state index contributed by atoms with van der Waals surface area (Å²) >= 11 is 0. The van der Waals surface area contributed by atoms with Gasteiger partial charge in [0, 0.05) is 11.8 Å². The molecule has 19 heavy (non-hydrogen) atoms. The number of aromatic amines is 1. The number of aromatic nitrogens is 3. The lowest BCUT2D eigenvalue weighted by Crippen LogP contribution is -2.17. The maximum atomic E-state index is 12.0. The number of hydrogen-bond acceptors (Lipinski definition) is 4. The van der Waals surface area contributed by atoms with Gasteiger partial charge in [0.15, 0.2) is 0 Å². The molecule has 1 heterocycles. The molecule has 0 unspecified atom stereocenters. The van der Waals surface area contributed by atoms with E-state index in [0.29, 0.717) is 0 Å². The number of ether oxygens (including phenoxy) is 1. The Balaban J connectivity index is 2.09. The number of H-pyrrole nitrogens is 1. The Morgan fingerprint density at radius 1 is 1.37 bits per heavy atom. The van der Waals surface area contributed by atoms with Gasteiger partial charge in [0.1, 0.15) is 12.1 Å². The highest BCUT2D eigenvalue weighted by Crippen LogP contribution is 2.25. The fourth-order valence-electron chi connectivity index (χ4n) is 1.28. The number of rotatable bonds is 3. The third-order valence-electron chi connectivity index (χ3n) is 1.96. The zero-order valence-electron chi connectivity index (χ0n) is 9.23. The molecule has 0 aliphatic rings. The predicted octanol–water partition coefficient (Wildman–Crippen LogP) is 1.96. The van der Waals surface area contributed by atoms with E-state index in [-0.39, 0.29) is 11.5 Å². The van der Waals surface area contributed by atoms with Crippen LogP contribution >= 0.6 is 0 Å². The number of hydrogen-bond donors (Lipinski definition) is 2. The molecular formula is C10H7F3N4O2. The van der Waals surface area contributed by atoms with Crippen LogP contribution in [0.3, 0.4) is 0 Å². The SMILES string of the molecule is O=C(Nc1cccc(OC(F)(F)F)c1)c1ncn[nH]1. The molecular weight excluding hydrogens is 265 g/mol. The van der Waals surface area contributed by atoms with Crippen molar-refractivity contribution in [2.24, 2.45) is 0 Å². The number of halogens is 3. The van der Waals surface area contributed by atoms with Crippen molar-refractivity contribution >= 4 is 11.6 Å². The quantitative estimate of drug-likeness (QED) is 0.895. The van der Waals surface area contributed by atoms with E-state index < -0.39 is 18.0 Å². The summed E-state index contributed by atoms with van der Waals surface area (Å²) in [4.78, 5) is 15.2. The summed E-state index contributed by atoms with van der Waals surface area (Å²) in [5, 5.41) is 8.16. The number of carbonyl (C=O) groups excluding carboxylic acids is 1. The third kappa shape index (κ3) is 3.69. The molecule has 0 aliphatic heterocycles. The molecule has 1 aromatic carbocycles. The van der Waals surface area contributed by atoms with E-state index in [2.05, 4.69) is 25.2 Å². The van der Waals surface area contributed by atoms with Crippen LogP contribution in [0.25, 0.3) is 0 Å². The second-order valence-electron chi connectivity index (χ2n) is 3.36. The minimum atomic E-state index is -4.78. The second-order valence-corrected chi connectivity index (χ2v) is 3.36. The van der Waals surface area contributed by atoms with Crippen molar-refractivity contribution in [2.45, 2.75) is 6.36 Å². The minimum absolute atomic E-state index is 0.0536. The molecule has 0 spiro atoms. The van der Waals surface area contributed by atoms with Gasteiger partial charge in [-0.05, 0) is 12.1 Å². The van der Waals surface area contributed by atoms with Crippen molar-refractivity contribution < 1.29 is 22.7 Å². The number of nitrogens with zero attached hydrogens (tertiary/aromatic N) is 2. The van der Waals surface area contributed by atoms with Crippen LogP contribution in [-0.2, 0) is 0 Å². The smallest absolute Gasteiger partial charge is 0.406 e. The normalized spacial score (nSPS) is 11.1. The van der Waals surface area contributed by atoms with Crippen molar-refractivity contribution in [1.29, 1.82) is 0 Å². The summed E-state index contributed by atoms with van der Waals surface area (Å²) < 4.78 is 39.8. The van der Waals surface area contributed by atoms with E-state index in [4.69, 9.17) is 0 Å². The summed E-state index contributed by atoms with van der Waals surface area (Å²) in [6, 6.07) is 4.90. The van der Waals surface area contributed by atoms with Crippen molar-refractivity contribution in [1.82, 2.24) is 15.2 Å². The zero-order chi connectivity index (χ0) is 13.9. The number of nitrogens with one attached hydrogen (secondary N) is 2. The molecule has 100 valence electrons. The van der Waals surface area contributed by atoms with Crippen LogP contribution < -0.4 is 10.1 Å². The van der Waals surface area contributed by atoms with Gasteiger partial charge < -0.3 is 10.1 Å². The summed E-state index contributed by atoms with van der Waals surface area (Å²) in [5.41, 5.74) is 0.142. The third-order valence-corrected chi connectivity index (χ3v) is 1.96. The molecule has 0 bridgehead atoms. The summed E-state index contributed by atoms with van der Waals surface area (Å²) in [6.07, 6.45) is -3.65. The monoisotopic (exact) mass is 272 g/mol. The van der Waals surface area contributed by atoms with Gasteiger partial charge in [-0.15, -0.1) is 13.2 Å². The van der Waals surface area contributed by atoms with Crippen LogP contribution in [0, 0.1) is 0 Å². The average molecular weight is 272 g/mol. The van der Waals surface area contributed by atoms with Crippen LogP contribution in [-0.4, -0.2) is 27.5 Å². The van der Waals surface area contributed by atoms with Crippen LogP contribution in [0.2, 0.25) is 0 Å². The molecule has 0 aliphatic carbocycles. The van der Waals surface area contributed by atoms with Crippen molar-refractivity contribution in [3.05, 3.63) is 36.4 Å². The van der Waals surface area contributed by atoms with Crippen LogP contribution in [0.15, 0.2) is 30.6 Å². The maximum absolute atomic E-state index is 12.0. The molecule has 0 saturated heterocycles. The van der Waals surface area contributed by atoms with E-state index in [0.717, 1.165) is 18.5 Å². The van der Waals surface area contributed by atoms with Crippen LogP contribution in [0.5, 0.6) is 5.75 Å². The van der Waals surface area contributed by atoms with E-state index in [1.54, 1.807) is 0 Å². The second kappa shape index (κ2) is 4.96. The van der Waals surface area contributed by atoms with Crippen molar-refractivity contribution in [3.63, 3.8) is 0 Å². The lowest BCUT2D eigenvalue weighted by molar-refractivity contribution is -0.274. The highest BCUT2D eigenvalue weighted by atomic mass is 19.4. The summed E-state index contributed by atoms with van der Waals surface area (Å²) in [6.45, 7) is 0. The molecule has 9 heteroatoms. The topological polar surface area (TPSA) is 79.9 Å². The standard InChI is InChI=1S/C10H7F3N4O2/c11-10(12,13)19-7-3-1-2-6(4-7)16-9(18)8-14-5-15-17-8/h1-5H,(H,16,18)(H,14,15,17). The molecule has 1 amide bonds. The first kappa shape index (κ1) is 12.9. The Morgan fingerprint density at radius 2 is 2.16 bits per heavy atom. The first-order chi connectivity index (χ1) is 8.94. The van der Waals surface area contributed by atoms with Gasteiger partial charge in [0.05, 0.1) is 0 Å². The van der Waals surface area contributed by atoms with E-state index in [1.807, 2.05) is 0 Å². The molecule has 0 radical (unpaired) electrons. The highest BCUT2D eigenvalue weighted by molar-refractivity contribution is 6.01. The highest BCUT2D eigenvalue weighted by Gasteiger charge is 2.31. The van der Waals surface area contributed by atoms with Crippen molar-refractivity contribution in [3.8, 4) is 5.75 Å². The Bertz CT molecular complexity index is 568. The Morgan fingerprint density at radius 3 is 2.79 bits per heavy atom. The van der Waals surface area contributed by atoms with Gasteiger partial charge in [-0.2, -0.15) is 5.10 Å². The maximum Gasteiger partial charge on any atom is 0.573 e. The van der Waals surface area contributed by atoms with Gasteiger partial charge in [0.2, 0.25) is 5.82 Å². The molecule has 0 saturated carbocycles. The predicted molar refractivity (Wildman–Crippen MR) is 57.5 cm³/mol. The van der Waals surface area contributed by atoms with Crippen LogP contribution in [0.4, 0.5) is 18.9 Å². The first-order valence-corrected chi connectivity index (χ1v) is 4.96. The Kier molecular flexibility index (Phi) is 3.36. The first-order valence-electron chi connectivity index (χ1n) is 4.96. The lowest BCUT2D eigenvalue weighted by atomic mass is 10.3. The fourth-order valence-corrected chi connectivity index (χ4v) is 1.28. The van der Waals surface area contributed by atoms with Gasteiger partial charge in [0.25, 0.3) is 5.91 Å². The summed E-state index contributed by atoms with van der Waals surface area (Å²) in [7, 11) is 0. The van der Waals surface area contributed by atoms with E-state index >= 15 is 0 Å². The van der Waals surface area contributed by atoms with Crippen LogP contribution in [0.1, 0.15) is 10.6 Å². The number of anilines is 1. The summed E-state index contributed by atoms with van der Waals surface area (Å²) in [5.74, 6) is -1.10. The van der Waals surface area contributed by atoms with E-state index in [1.165, 1.54) is 12.1 Å². The molecule has 6 nitrogen and oxygen atoms in total. The lowest BCUT2D eigenvalue weighted by Gasteiger charge is -2.10. The molecule has 2 aromatic rings. The fraction of sp³-hybridized carbons (Fsp3) is 0.100.